The molecule has 0 saturated heterocycles. The third-order valence-electron chi connectivity index (χ3n) is 4.58. The van der Waals surface area contributed by atoms with E-state index >= 15 is 0 Å². The van der Waals surface area contributed by atoms with Gasteiger partial charge in [0.1, 0.15) is 0 Å². The van der Waals surface area contributed by atoms with Crippen molar-refractivity contribution >= 4 is 10.9 Å². The van der Waals surface area contributed by atoms with Crippen molar-refractivity contribution in [3.05, 3.63) is 77.5 Å². The quantitative estimate of drug-likeness (QED) is 0.785. The molecule has 2 atom stereocenters. The van der Waals surface area contributed by atoms with Crippen LogP contribution in [0.2, 0.25) is 0 Å². The summed E-state index contributed by atoms with van der Waals surface area (Å²) < 4.78 is 0. The summed E-state index contributed by atoms with van der Waals surface area (Å²) in [4.78, 5) is 4.61. The van der Waals surface area contributed by atoms with Crippen molar-refractivity contribution in [2.45, 2.75) is 18.4 Å². The number of rotatable bonds is 3. The van der Waals surface area contributed by atoms with Gasteiger partial charge in [-0.05, 0) is 42.3 Å². The molecule has 2 aromatic carbocycles. The van der Waals surface area contributed by atoms with Gasteiger partial charge in [0, 0.05) is 23.5 Å². The van der Waals surface area contributed by atoms with Gasteiger partial charge >= 0.3 is 0 Å². The van der Waals surface area contributed by atoms with Crippen molar-refractivity contribution in [2.24, 2.45) is 0 Å². The molecule has 1 N–H and O–H groups in total. The van der Waals surface area contributed by atoms with Gasteiger partial charge in [0.25, 0.3) is 0 Å². The summed E-state index contributed by atoms with van der Waals surface area (Å²) in [6.45, 7) is 0. The van der Waals surface area contributed by atoms with Gasteiger partial charge in [0.15, 0.2) is 0 Å². The highest BCUT2D eigenvalue weighted by Crippen LogP contribution is 2.43. The maximum atomic E-state index is 4.61. The average Bonchev–Trinajstić information content (AvgIpc) is 2.52. The fourth-order valence-corrected chi connectivity index (χ4v) is 3.45. The van der Waals surface area contributed by atoms with Crippen LogP contribution < -0.4 is 5.32 Å². The molecule has 1 heterocycles. The van der Waals surface area contributed by atoms with E-state index in [4.69, 9.17) is 0 Å². The molecule has 0 fully saturated rings. The fourth-order valence-electron chi connectivity index (χ4n) is 3.45. The second-order valence-electron chi connectivity index (χ2n) is 5.74. The number of aromatic nitrogens is 1. The lowest BCUT2D eigenvalue weighted by molar-refractivity contribution is 0.438. The normalized spacial score (nSPS) is 18.0. The summed E-state index contributed by atoms with van der Waals surface area (Å²) >= 11 is 0. The minimum absolute atomic E-state index is 0.331. The maximum absolute atomic E-state index is 4.61. The monoisotopic (exact) mass is 274 g/mol. The molecule has 2 nitrogen and oxygen atoms in total. The average molecular weight is 274 g/mol. The zero-order valence-corrected chi connectivity index (χ0v) is 12.1. The van der Waals surface area contributed by atoms with Crippen LogP contribution in [0.4, 0.5) is 0 Å². The van der Waals surface area contributed by atoms with E-state index in [0.29, 0.717) is 12.0 Å². The number of pyridine rings is 1. The molecule has 0 radical (unpaired) electrons. The Hall–Kier alpha value is -2.19. The van der Waals surface area contributed by atoms with E-state index in [1.54, 1.807) is 0 Å². The van der Waals surface area contributed by atoms with Crippen molar-refractivity contribution in [2.75, 3.05) is 7.05 Å². The van der Waals surface area contributed by atoms with Crippen molar-refractivity contribution < 1.29 is 0 Å². The SMILES string of the molecule is CNC(c1cnc2ccccc2c1)C1Cc2ccccc21. The highest BCUT2D eigenvalue weighted by Gasteiger charge is 2.32. The van der Waals surface area contributed by atoms with E-state index in [1.807, 2.05) is 19.3 Å². The Morgan fingerprint density at radius 2 is 1.90 bits per heavy atom. The maximum Gasteiger partial charge on any atom is 0.0702 e. The Morgan fingerprint density at radius 3 is 2.76 bits per heavy atom. The first kappa shape index (κ1) is 12.5. The minimum atomic E-state index is 0.331. The van der Waals surface area contributed by atoms with Crippen molar-refractivity contribution in [1.29, 1.82) is 0 Å². The molecular formula is C19H18N2. The molecule has 104 valence electrons. The summed E-state index contributed by atoms with van der Waals surface area (Å²) in [5.74, 6) is 0.550. The number of hydrogen-bond acceptors (Lipinski definition) is 2. The van der Waals surface area contributed by atoms with Crippen LogP contribution in [0.5, 0.6) is 0 Å². The standard InChI is InChI=1S/C19H18N2/c1-20-19(17-11-13-6-2-4-8-16(13)17)15-10-14-7-3-5-9-18(14)21-12-15/h2-10,12,17,19-20H,11H2,1H3. The molecule has 0 bridgehead atoms. The number of nitrogens with one attached hydrogen (secondary N) is 1. The molecule has 1 aliphatic carbocycles. The minimum Gasteiger partial charge on any atom is -0.312 e. The van der Waals surface area contributed by atoms with Crippen LogP contribution in [0, 0.1) is 0 Å². The lowest BCUT2D eigenvalue weighted by atomic mass is 9.72. The van der Waals surface area contributed by atoms with E-state index in [1.165, 1.54) is 22.1 Å². The number of likely N-dealkylation sites (N-methyl/N-ethyl adjacent to an activating group) is 1. The van der Waals surface area contributed by atoms with Crippen LogP contribution in [-0.2, 0) is 6.42 Å². The van der Waals surface area contributed by atoms with Gasteiger partial charge in [-0.2, -0.15) is 0 Å². The lowest BCUT2D eigenvalue weighted by Crippen LogP contribution is -2.31. The Labute approximate surface area is 124 Å². The molecule has 0 saturated carbocycles. The molecule has 1 aromatic heterocycles. The van der Waals surface area contributed by atoms with Crippen LogP contribution in [0.15, 0.2) is 60.8 Å². The van der Waals surface area contributed by atoms with E-state index in [0.717, 1.165) is 11.9 Å². The van der Waals surface area contributed by atoms with Crippen LogP contribution in [0.25, 0.3) is 10.9 Å². The Morgan fingerprint density at radius 1 is 1.10 bits per heavy atom. The number of para-hydroxylation sites is 1. The zero-order chi connectivity index (χ0) is 14.2. The molecule has 4 rings (SSSR count). The lowest BCUT2D eigenvalue weighted by Gasteiger charge is -2.36. The third kappa shape index (κ3) is 2.03. The third-order valence-corrected chi connectivity index (χ3v) is 4.58. The van der Waals surface area contributed by atoms with Gasteiger partial charge in [-0.15, -0.1) is 0 Å². The van der Waals surface area contributed by atoms with Crippen LogP contribution in [-0.4, -0.2) is 12.0 Å². The molecule has 0 aliphatic heterocycles. The van der Waals surface area contributed by atoms with Crippen molar-refractivity contribution in [1.82, 2.24) is 10.3 Å². The van der Waals surface area contributed by atoms with Gasteiger partial charge < -0.3 is 5.32 Å². The predicted octanol–water partition coefficient (Wildman–Crippen LogP) is 3.84. The van der Waals surface area contributed by atoms with E-state index in [2.05, 4.69) is 58.8 Å². The van der Waals surface area contributed by atoms with Crippen molar-refractivity contribution in [3.63, 3.8) is 0 Å². The van der Waals surface area contributed by atoms with E-state index in [-0.39, 0.29) is 0 Å². The van der Waals surface area contributed by atoms with Gasteiger partial charge in [0.2, 0.25) is 0 Å². The summed E-state index contributed by atoms with van der Waals surface area (Å²) in [5, 5.41) is 4.70. The van der Waals surface area contributed by atoms with Crippen molar-refractivity contribution in [3.8, 4) is 0 Å². The first-order valence-corrected chi connectivity index (χ1v) is 7.46. The summed E-state index contributed by atoms with van der Waals surface area (Å²) in [5.41, 5.74) is 5.29. The number of benzene rings is 2. The van der Waals surface area contributed by atoms with Gasteiger partial charge in [-0.25, -0.2) is 0 Å². The second-order valence-corrected chi connectivity index (χ2v) is 5.74. The molecule has 0 amide bonds. The number of hydrogen-bond donors (Lipinski definition) is 1. The topological polar surface area (TPSA) is 24.9 Å². The Kier molecular flexibility index (Phi) is 2.97. The number of fused-ring (bicyclic) bond motifs is 2. The second kappa shape index (κ2) is 4.97. The van der Waals surface area contributed by atoms with Crippen LogP contribution >= 0.6 is 0 Å². The molecule has 2 heteroatoms. The van der Waals surface area contributed by atoms with Gasteiger partial charge in [-0.1, -0.05) is 42.5 Å². The smallest absolute Gasteiger partial charge is 0.0702 e. The highest BCUT2D eigenvalue weighted by molar-refractivity contribution is 5.78. The molecular weight excluding hydrogens is 256 g/mol. The molecule has 3 aromatic rings. The highest BCUT2D eigenvalue weighted by atomic mass is 14.9. The predicted molar refractivity (Wildman–Crippen MR) is 86.4 cm³/mol. The molecule has 2 unspecified atom stereocenters. The Bertz CT molecular complexity index is 794. The summed E-state index contributed by atoms with van der Waals surface area (Å²) in [6, 6.07) is 19.6. The largest absolute Gasteiger partial charge is 0.312 e. The van der Waals surface area contributed by atoms with Crippen LogP contribution in [0.3, 0.4) is 0 Å². The first-order chi connectivity index (χ1) is 10.4. The Balaban J connectivity index is 1.72. The summed E-state index contributed by atoms with van der Waals surface area (Å²) in [6.07, 6.45) is 3.17. The zero-order valence-electron chi connectivity index (χ0n) is 12.1. The molecule has 1 aliphatic rings. The first-order valence-electron chi connectivity index (χ1n) is 7.46. The summed E-state index contributed by atoms with van der Waals surface area (Å²) in [7, 11) is 2.04. The number of nitrogens with zero attached hydrogens (tertiary/aromatic N) is 1. The van der Waals surface area contributed by atoms with Gasteiger partial charge in [0.05, 0.1) is 5.52 Å². The van der Waals surface area contributed by atoms with E-state index < -0.39 is 0 Å². The van der Waals surface area contributed by atoms with Gasteiger partial charge in [-0.3, -0.25) is 4.98 Å². The molecule has 0 spiro atoms. The van der Waals surface area contributed by atoms with Crippen LogP contribution in [0.1, 0.15) is 28.7 Å². The fraction of sp³-hybridized carbons (Fsp3) is 0.211. The van der Waals surface area contributed by atoms with E-state index in [9.17, 15) is 0 Å². The molecule has 21 heavy (non-hydrogen) atoms.